The Morgan fingerprint density at radius 3 is 2.56 bits per heavy atom. The van der Waals surface area contributed by atoms with E-state index in [-0.39, 0.29) is 17.6 Å². The minimum Gasteiger partial charge on any atom is -0.459 e. The highest BCUT2D eigenvalue weighted by Crippen LogP contribution is 2.30. The smallest absolute Gasteiger partial charge is 0.291 e. The maximum Gasteiger partial charge on any atom is 0.291 e. The average Bonchev–Trinajstić information content (AvgIpc) is 3.20. The van der Waals surface area contributed by atoms with Gasteiger partial charge < -0.3 is 15.1 Å². The Morgan fingerprint density at radius 1 is 1.08 bits per heavy atom. The normalized spacial score (nSPS) is 10.5. The molecular weight excluding hydrogens is 472 g/mol. The maximum absolute atomic E-state index is 12.5. The topological polar surface area (TPSA) is 71.3 Å². The van der Waals surface area contributed by atoms with Crippen LogP contribution >= 0.6 is 43.2 Å². The monoisotopic (exact) mass is 482 g/mol. The molecule has 3 rings (SSSR count). The number of carbonyl (C=O) groups excluding carboxylic acids is 2. The van der Waals surface area contributed by atoms with Crippen LogP contribution in [0, 0.1) is 6.92 Å². The molecule has 2 aromatic heterocycles. The van der Waals surface area contributed by atoms with Gasteiger partial charge in [-0.1, -0.05) is 15.9 Å². The first-order valence-corrected chi connectivity index (χ1v) is 9.56. The number of carbonyl (C=O) groups is 2. The standard InChI is InChI=1S/C17H12Br2N2O3S/c1-9-7-14(21-16(22)13-3-2-6-24-13)25-15(9)17(23)20-12-5-4-10(18)8-11(12)19/h2-8H,1H3,(H,20,23)(H,21,22). The zero-order chi connectivity index (χ0) is 18.0. The number of amides is 2. The lowest BCUT2D eigenvalue weighted by Gasteiger charge is -2.07. The number of thiophene rings is 1. The van der Waals surface area contributed by atoms with Crippen molar-refractivity contribution in [2.75, 3.05) is 10.6 Å². The van der Waals surface area contributed by atoms with Crippen LogP contribution in [0.25, 0.3) is 0 Å². The molecule has 0 radical (unpaired) electrons. The third-order valence-electron chi connectivity index (χ3n) is 3.29. The van der Waals surface area contributed by atoms with E-state index in [0.29, 0.717) is 15.6 Å². The molecule has 8 heteroatoms. The molecule has 2 amide bonds. The molecule has 0 spiro atoms. The predicted molar refractivity (Wildman–Crippen MR) is 106 cm³/mol. The summed E-state index contributed by atoms with van der Waals surface area (Å²) in [5, 5.41) is 6.18. The molecule has 0 atom stereocenters. The van der Waals surface area contributed by atoms with Gasteiger partial charge in [0, 0.05) is 8.95 Å². The van der Waals surface area contributed by atoms with E-state index in [4.69, 9.17) is 4.42 Å². The number of rotatable bonds is 4. The summed E-state index contributed by atoms with van der Waals surface area (Å²) in [5.74, 6) is -0.367. The number of halogens is 2. The fourth-order valence-electron chi connectivity index (χ4n) is 2.12. The van der Waals surface area contributed by atoms with Crippen molar-refractivity contribution in [3.05, 3.63) is 67.8 Å². The van der Waals surface area contributed by atoms with Crippen LogP contribution in [0.15, 0.2) is 56.0 Å². The number of benzene rings is 1. The van der Waals surface area contributed by atoms with Gasteiger partial charge in [0.2, 0.25) is 0 Å². The fraction of sp³-hybridized carbons (Fsp3) is 0.0588. The van der Waals surface area contributed by atoms with Gasteiger partial charge in [-0.25, -0.2) is 0 Å². The lowest BCUT2D eigenvalue weighted by atomic mass is 10.2. The van der Waals surface area contributed by atoms with Gasteiger partial charge in [0.05, 0.1) is 21.8 Å². The van der Waals surface area contributed by atoms with Gasteiger partial charge in [-0.3, -0.25) is 9.59 Å². The molecule has 0 aliphatic rings. The van der Waals surface area contributed by atoms with Crippen molar-refractivity contribution >= 4 is 65.7 Å². The van der Waals surface area contributed by atoms with Gasteiger partial charge in [-0.05, 0) is 64.8 Å². The Hall–Kier alpha value is -1.90. The van der Waals surface area contributed by atoms with Crippen LogP contribution in [0.5, 0.6) is 0 Å². The maximum atomic E-state index is 12.5. The Morgan fingerprint density at radius 2 is 1.88 bits per heavy atom. The average molecular weight is 484 g/mol. The summed E-state index contributed by atoms with van der Waals surface area (Å²) in [6.45, 7) is 1.82. The molecule has 0 saturated carbocycles. The van der Waals surface area contributed by atoms with Crippen molar-refractivity contribution in [3.8, 4) is 0 Å². The number of aryl methyl sites for hydroxylation is 1. The molecule has 3 aromatic rings. The van der Waals surface area contributed by atoms with Crippen LogP contribution in [-0.4, -0.2) is 11.8 Å². The van der Waals surface area contributed by atoms with Crippen LogP contribution in [0.4, 0.5) is 10.7 Å². The zero-order valence-electron chi connectivity index (χ0n) is 12.9. The van der Waals surface area contributed by atoms with Crippen molar-refractivity contribution in [1.82, 2.24) is 0 Å². The highest BCUT2D eigenvalue weighted by molar-refractivity contribution is 9.11. The molecule has 0 aliphatic carbocycles. The molecule has 1 aromatic carbocycles. The van der Waals surface area contributed by atoms with E-state index in [1.54, 1.807) is 24.3 Å². The van der Waals surface area contributed by atoms with Gasteiger partial charge in [0.1, 0.15) is 0 Å². The number of hydrogen-bond acceptors (Lipinski definition) is 4. The molecule has 5 nitrogen and oxygen atoms in total. The zero-order valence-corrected chi connectivity index (χ0v) is 16.9. The molecular formula is C17H12Br2N2O3S. The summed E-state index contributed by atoms with van der Waals surface area (Å²) in [5.41, 5.74) is 1.45. The first-order valence-electron chi connectivity index (χ1n) is 7.16. The van der Waals surface area contributed by atoms with Crippen molar-refractivity contribution in [2.45, 2.75) is 6.92 Å². The highest BCUT2D eigenvalue weighted by atomic mass is 79.9. The van der Waals surface area contributed by atoms with E-state index in [1.807, 2.05) is 19.1 Å². The molecule has 0 saturated heterocycles. The second-order valence-electron chi connectivity index (χ2n) is 5.13. The highest BCUT2D eigenvalue weighted by Gasteiger charge is 2.17. The van der Waals surface area contributed by atoms with E-state index in [2.05, 4.69) is 42.5 Å². The van der Waals surface area contributed by atoms with Crippen LogP contribution in [0.3, 0.4) is 0 Å². The van der Waals surface area contributed by atoms with Crippen molar-refractivity contribution in [1.29, 1.82) is 0 Å². The summed E-state index contributed by atoms with van der Waals surface area (Å²) < 4.78 is 6.74. The number of hydrogen-bond donors (Lipinski definition) is 2. The molecule has 0 bridgehead atoms. The third-order valence-corrected chi connectivity index (χ3v) is 5.59. The van der Waals surface area contributed by atoms with Gasteiger partial charge in [-0.2, -0.15) is 0 Å². The molecule has 0 unspecified atom stereocenters. The minimum atomic E-state index is -0.353. The summed E-state index contributed by atoms with van der Waals surface area (Å²) in [7, 11) is 0. The van der Waals surface area contributed by atoms with Gasteiger partial charge in [0.25, 0.3) is 11.8 Å². The second-order valence-corrected chi connectivity index (χ2v) is 7.95. The molecule has 2 N–H and O–H groups in total. The molecule has 0 aliphatic heterocycles. The first kappa shape index (κ1) is 17.9. The first-order chi connectivity index (χ1) is 11.9. The minimum absolute atomic E-state index is 0.218. The fourth-order valence-corrected chi connectivity index (χ4v) is 4.23. The van der Waals surface area contributed by atoms with Gasteiger partial charge in [0.15, 0.2) is 5.76 Å². The van der Waals surface area contributed by atoms with E-state index < -0.39 is 0 Å². The van der Waals surface area contributed by atoms with Crippen LogP contribution in [0.1, 0.15) is 25.8 Å². The predicted octanol–water partition coefficient (Wildman–Crippen LogP) is 5.68. The molecule has 128 valence electrons. The van der Waals surface area contributed by atoms with Crippen LogP contribution in [-0.2, 0) is 0 Å². The Labute approximate surface area is 164 Å². The largest absolute Gasteiger partial charge is 0.459 e. The Balaban J connectivity index is 1.75. The SMILES string of the molecule is Cc1cc(NC(=O)c2ccco2)sc1C(=O)Nc1ccc(Br)cc1Br. The molecule has 0 fully saturated rings. The van der Waals surface area contributed by atoms with Crippen LogP contribution < -0.4 is 10.6 Å². The molecule has 2 heterocycles. The van der Waals surface area contributed by atoms with Crippen molar-refractivity contribution in [2.24, 2.45) is 0 Å². The number of furan rings is 1. The molecule has 25 heavy (non-hydrogen) atoms. The van der Waals surface area contributed by atoms with Gasteiger partial charge in [-0.15, -0.1) is 11.3 Å². The summed E-state index contributed by atoms with van der Waals surface area (Å²) >= 11 is 8.00. The van der Waals surface area contributed by atoms with Gasteiger partial charge >= 0.3 is 0 Å². The number of nitrogens with one attached hydrogen (secondary N) is 2. The lowest BCUT2D eigenvalue weighted by Crippen LogP contribution is -2.11. The second kappa shape index (κ2) is 7.55. The van der Waals surface area contributed by atoms with Crippen molar-refractivity contribution < 1.29 is 14.0 Å². The Kier molecular flexibility index (Phi) is 5.41. The van der Waals surface area contributed by atoms with Crippen molar-refractivity contribution in [3.63, 3.8) is 0 Å². The summed E-state index contributed by atoms with van der Waals surface area (Å²) in [6, 6.07) is 10.5. The Bertz CT molecular complexity index is 936. The van der Waals surface area contributed by atoms with E-state index in [9.17, 15) is 9.59 Å². The summed E-state index contributed by atoms with van der Waals surface area (Å²) in [6.07, 6.45) is 1.43. The number of anilines is 2. The van der Waals surface area contributed by atoms with Crippen LogP contribution in [0.2, 0.25) is 0 Å². The lowest BCUT2D eigenvalue weighted by molar-refractivity contribution is 0.0995. The third kappa shape index (κ3) is 4.20. The van der Waals surface area contributed by atoms with E-state index >= 15 is 0 Å². The van der Waals surface area contributed by atoms with E-state index in [1.165, 1.54) is 17.6 Å². The quantitative estimate of drug-likeness (QED) is 0.501. The van der Waals surface area contributed by atoms with E-state index in [0.717, 1.165) is 14.5 Å². The summed E-state index contributed by atoms with van der Waals surface area (Å²) in [4.78, 5) is 25.1.